The molecule has 2 unspecified atom stereocenters. The number of carboxylic acid groups (broad SMARTS) is 4. The summed E-state index contributed by atoms with van der Waals surface area (Å²) >= 11 is 0. The van der Waals surface area contributed by atoms with Crippen LogP contribution in [0.15, 0.2) is 107 Å². The second-order valence-electron chi connectivity index (χ2n) is 15.8. The number of halogens is 1. The number of carboxylic acids is 4. The summed E-state index contributed by atoms with van der Waals surface area (Å²) in [6, 6.07) is 19.0. The Morgan fingerprint density at radius 3 is 1.08 bits per heavy atom. The van der Waals surface area contributed by atoms with Crippen molar-refractivity contribution in [1.82, 2.24) is 18.1 Å². The molecule has 0 saturated carbocycles. The average Bonchev–Trinajstić information content (AvgIpc) is 3.36. The minimum Gasteiger partial charge on any atom is -0.481 e. The van der Waals surface area contributed by atoms with Gasteiger partial charge in [-0.15, -0.1) is 12.4 Å². The fourth-order valence-corrected chi connectivity index (χ4v) is 9.19. The van der Waals surface area contributed by atoms with Gasteiger partial charge in [0.1, 0.15) is 23.6 Å². The van der Waals surface area contributed by atoms with Gasteiger partial charge in [0.05, 0.1) is 75.0 Å². The van der Waals surface area contributed by atoms with Gasteiger partial charge >= 0.3 is 35.8 Å². The molecule has 0 heterocycles. The van der Waals surface area contributed by atoms with Crippen LogP contribution < -0.4 is 41.9 Å². The lowest BCUT2D eigenvalue weighted by Crippen LogP contribution is -2.51. The van der Waals surface area contributed by atoms with Crippen molar-refractivity contribution in [3.8, 4) is 11.5 Å². The van der Waals surface area contributed by atoms with Gasteiger partial charge in [0.15, 0.2) is 11.9 Å². The summed E-state index contributed by atoms with van der Waals surface area (Å²) in [5.41, 5.74) is 23.3. The highest BCUT2D eigenvalue weighted by Gasteiger charge is 2.37. The van der Waals surface area contributed by atoms with Crippen molar-refractivity contribution in [1.29, 1.82) is 0 Å². The molecule has 14 N–H and O–H groups in total. The minimum atomic E-state index is -4.69. The van der Waals surface area contributed by atoms with Crippen LogP contribution in [0.1, 0.15) is 44.7 Å². The summed E-state index contributed by atoms with van der Waals surface area (Å²) in [6.07, 6.45) is -2.18. The monoisotopic (exact) mass is 1150 g/mol. The molecular weight excluding hydrogens is 1100 g/mol. The maximum absolute atomic E-state index is 13.4. The van der Waals surface area contributed by atoms with Gasteiger partial charge in [-0.25, -0.2) is 19.6 Å². The van der Waals surface area contributed by atoms with E-state index in [9.17, 15) is 66.0 Å². The molecular formula is C46H57ClN10O19S2. The van der Waals surface area contributed by atoms with Gasteiger partial charge in [-0.05, 0) is 83.9 Å². The van der Waals surface area contributed by atoms with E-state index in [0.29, 0.717) is 31.1 Å². The number of hydrogen-bond donors (Lipinski definition) is 10. The van der Waals surface area contributed by atoms with Crippen molar-refractivity contribution >= 4 is 91.9 Å². The highest BCUT2D eigenvalue weighted by atomic mass is 35.5. The van der Waals surface area contributed by atoms with E-state index in [1.165, 1.54) is 97.1 Å². The van der Waals surface area contributed by atoms with Crippen LogP contribution >= 0.6 is 12.4 Å². The summed E-state index contributed by atoms with van der Waals surface area (Å²) in [7, 11) is -9.37. The van der Waals surface area contributed by atoms with E-state index in [1.807, 2.05) is 0 Å². The normalized spacial score (nSPS) is 12.1. The average molecular weight is 1150 g/mol. The molecule has 78 heavy (non-hydrogen) atoms. The Morgan fingerprint density at radius 1 is 0.487 bits per heavy atom. The molecule has 0 aliphatic carbocycles. The number of nitrogens with one attached hydrogen (secondary N) is 2. The quantitative estimate of drug-likeness (QED) is 0.00984. The lowest BCUT2D eigenvalue weighted by molar-refractivity contribution is -0.148. The number of benzene rings is 4. The van der Waals surface area contributed by atoms with Gasteiger partial charge in [0.2, 0.25) is 0 Å². The van der Waals surface area contributed by atoms with E-state index < -0.39 is 107 Å². The van der Waals surface area contributed by atoms with E-state index in [1.54, 1.807) is 0 Å². The van der Waals surface area contributed by atoms with E-state index >= 15 is 0 Å². The van der Waals surface area contributed by atoms with E-state index in [4.69, 9.17) is 46.6 Å². The third-order valence-electron chi connectivity index (χ3n) is 10.2. The van der Waals surface area contributed by atoms with Crippen molar-refractivity contribution < 1.29 is 89.7 Å². The van der Waals surface area contributed by atoms with Gasteiger partial charge in [-0.3, -0.25) is 19.2 Å². The summed E-state index contributed by atoms with van der Waals surface area (Å²) in [5, 5.41) is 38.3. The molecule has 0 aliphatic rings. The van der Waals surface area contributed by atoms with Crippen molar-refractivity contribution in [3.05, 3.63) is 119 Å². The van der Waals surface area contributed by atoms with Crippen LogP contribution in [-0.4, -0.2) is 158 Å². The number of ether oxygens (including phenoxy) is 5. The first-order valence-corrected chi connectivity index (χ1v) is 25.5. The van der Waals surface area contributed by atoms with Crippen LogP contribution in [0.4, 0.5) is 11.4 Å². The molecule has 0 spiro atoms. The maximum Gasteiger partial charge on any atom is 0.343 e. The third kappa shape index (κ3) is 22.0. The van der Waals surface area contributed by atoms with E-state index in [0.717, 1.165) is 0 Å². The Hall–Kier alpha value is -7.85. The molecule has 32 heteroatoms. The van der Waals surface area contributed by atoms with Crippen LogP contribution in [0.25, 0.3) is 0 Å². The van der Waals surface area contributed by atoms with Crippen molar-refractivity contribution in [2.45, 2.75) is 38.0 Å². The van der Waals surface area contributed by atoms with Crippen molar-refractivity contribution in [2.75, 3.05) is 52.7 Å². The molecule has 2 atom stereocenters. The lowest BCUT2D eigenvalue weighted by Gasteiger charge is -2.27. The van der Waals surface area contributed by atoms with Gasteiger partial charge in [0.25, 0.3) is 20.4 Å². The zero-order valence-electron chi connectivity index (χ0n) is 41.1. The smallest absolute Gasteiger partial charge is 0.343 e. The molecule has 0 aliphatic heterocycles. The number of aliphatic imine (C=N–C) groups is 2. The topological polar surface area (TPSA) is 457 Å². The highest BCUT2D eigenvalue weighted by Crippen LogP contribution is 2.20. The number of aliphatic carboxylic acids is 4. The molecule has 4 rings (SSSR count). The first kappa shape index (κ1) is 64.4. The summed E-state index contributed by atoms with van der Waals surface area (Å²) in [6.45, 7) is -3.40. The summed E-state index contributed by atoms with van der Waals surface area (Å²) < 4.78 is 86.0. The number of carbonyl (C=O) groups excluding carboxylic acids is 2. The largest absolute Gasteiger partial charge is 0.481 e. The second kappa shape index (κ2) is 31.4. The molecule has 0 fully saturated rings. The molecule has 0 aromatic heterocycles. The standard InChI is InChI=1S/C46H56N10O19S2.ClH/c47-45(48)53-33-9-5-31(6-10-33)43(65)74-35-13-1-29(2-14-35)27-51-76(67,68)55(37(41(61)62)25-39(57)58)17-19-71-21-23-73-24-22-72-20-18-56(38(42(63)64)26-40(59)60)77(69,70)52-28-30-3-15-36(16-4-30)75-44(66)32-7-11-34(12-8-32)54-46(49)50;/h1-16,37-38,51-52H,17-28H2,(H,57,58)(H,59,60)(H,61,62)(H,63,64)(H4,47,48,53)(H4,49,50,54);1H. The van der Waals surface area contributed by atoms with E-state index in [2.05, 4.69) is 19.4 Å². The molecule has 0 saturated heterocycles. The molecule has 29 nitrogen and oxygen atoms in total. The number of esters is 2. The fraction of sp³-hybridized carbons (Fsp3) is 0.304. The Bertz CT molecular complexity index is 2750. The molecule has 0 bridgehead atoms. The van der Waals surface area contributed by atoms with Gasteiger partial charge in [-0.2, -0.15) is 34.9 Å². The van der Waals surface area contributed by atoms with Crippen LogP contribution in [-0.2, 0) is 66.9 Å². The Balaban J connectivity index is 0.0000160. The van der Waals surface area contributed by atoms with Crippen LogP contribution in [0, 0.1) is 0 Å². The van der Waals surface area contributed by atoms with Crippen LogP contribution in [0.5, 0.6) is 11.5 Å². The zero-order valence-corrected chi connectivity index (χ0v) is 43.6. The Labute approximate surface area is 452 Å². The molecule has 4 aromatic carbocycles. The Kier molecular flexibility index (Phi) is 25.9. The number of rotatable bonds is 34. The molecule has 4 aromatic rings. The van der Waals surface area contributed by atoms with Crippen molar-refractivity contribution in [2.24, 2.45) is 32.9 Å². The zero-order chi connectivity index (χ0) is 56.7. The van der Waals surface area contributed by atoms with Crippen molar-refractivity contribution in [3.63, 3.8) is 0 Å². The highest BCUT2D eigenvalue weighted by molar-refractivity contribution is 7.87. The predicted octanol–water partition coefficient (Wildman–Crippen LogP) is 0.235. The fourth-order valence-electron chi connectivity index (χ4n) is 6.53. The predicted molar refractivity (Wildman–Crippen MR) is 279 cm³/mol. The first-order chi connectivity index (χ1) is 36.4. The Morgan fingerprint density at radius 2 is 0.795 bits per heavy atom. The van der Waals surface area contributed by atoms with Gasteiger partial charge in [0, 0.05) is 26.2 Å². The number of nitrogens with zero attached hydrogens (tertiary/aromatic N) is 4. The molecule has 424 valence electrons. The maximum atomic E-state index is 13.4. The molecule has 0 radical (unpaired) electrons. The minimum absolute atomic E-state index is 0. The number of carbonyl (C=O) groups is 6. The summed E-state index contributed by atoms with van der Waals surface area (Å²) in [4.78, 5) is 80.2. The SMILES string of the molecule is Cl.NC(N)=Nc1ccc(C(=O)Oc2ccc(CNS(=O)(=O)N(CCOCCOCCOCCN(C(CC(=O)O)C(=O)O)S(=O)(=O)NCc3ccc(OC(=O)c4ccc(N=C(N)N)cc4)cc3)C(CC(=O)O)C(=O)O)cc2)cc1. The summed E-state index contributed by atoms with van der Waals surface area (Å²) in [5.74, 6) is -8.21. The van der Waals surface area contributed by atoms with E-state index in [-0.39, 0.29) is 86.5 Å². The number of hydrogen-bond acceptors (Lipinski definition) is 17. The van der Waals surface area contributed by atoms with Gasteiger partial charge in [-0.1, -0.05) is 24.3 Å². The molecule has 0 amide bonds. The number of guanidine groups is 2. The lowest BCUT2D eigenvalue weighted by atomic mass is 10.2. The second-order valence-corrected chi connectivity index (χ2v) is 19.3. The third-order valence-corrected chi connectivity index (χ3v) is 13.3. The number of nitrogens with two attached hydrogens (primary N) is 4. The van der Waals surface area contributed by atoms with Crippen LogP contribution in [0.3, 0.4) is 0 Å². The van der Waals surface area contributed by atoms with Gasteiger partial charge < -0.3 is 67.0 Å². The first-order valence-electron chi connectivity index (χ1n) is 22.6. The van der Waals surface area contributed by atoms with Crippen LogP contribution in [0.2, 0.25) is 0 Å².